The second-order valence-corrected chi connectivity index (χ2v) is 5.48. The van der Waals surface area contributed by atoms with Gasteiger partial charge in [0, 0.05) is 25.1 Å². The predicted molar refractivity (Wildman–Crippen MR) is 86.0 cm³/mol. The van der Waals surface area contributed by atoms with E-state index in [1.54, 1.807) is 13.2 Å². The topological polar surface area (TPSA) is 21.3 Å². The zero-order chi connectivity index (χ0) is 15.2. The lowest BCUT2D eigenvalue weighted by Gasteiger charge is -2.26. The zero-order valence-electron chi connectivity index (χ0n) is 13.0. The van der Waals surface area contributed by atoms with Crippen molar-refractivity contribution in [3.8, 4) is 0 Å². The Morgan fingerprint density at radius 3 is 2.52 bits per heavy atom. The number of rotatable bonds is 7. The summed E-state index contributed by atoms with van der Waals surface area (Å²) in [6.45, 7) is 5.93. The van der Waals surface area contributed by atoms with E-state index in [0.717, 1.165) is 30.5 Å². The van der Waals surface area contributed by atoms with Gasteiger partial charge in [0.05, 0.1) is 0 Å². The van der Waals surface area contributed by atoms with Crippen molar-refractivity contribution < 1.29 is 9.13 Å². The summed E-state index contributed by atoms with van der Waals surface area (Å²) in [6, 6.07) is 11.4. The zero-order valence-corrected chi connectivity index (χ0v) is 13.0. The van der Waals surface area contributed by atoms with E-state index in [-0.39, 0.29) is 11.9 Å². The van der Waals surface area contributed by atoms with Gasteiger partial charge in [-0.1, -0.05) is 44.2 Å². The van der Waals surface area contributed by atoms with E-state index >= 15 is 0 Å². The van der Waals surface area contributed by atoms with Crippen molar-refractivity contribution in [3.63, 3.8) is 0 Å². The Morgan fingerprint density at radius 2 is 1.86 bits per heavy atom. The SMILES string of the molecule is CCNC(c1ccc(F)c2ccccc12)C(C)CCOC. The van der Waals surface area contributed by atoms with Crippen LogP contribution in [0, 0.1) is 11.7 Å². The first-order chi connectivity index (χ1) is 10.2. The fourth-order valence-electron chi connectivity index (χ4n) is 2.86. The molecule has 0 aliphatic rings. The smallest absolute Gasteiger partial charge is 0.131 e. The molecule has 114 valence electrons. The second kappa shape index (κ2) is 7.53. The Morgan fingerprint density at radius 1 is 1.14 bits per heavy atom. The van der Waals surface area contributed by atoms with Crippen LogP contribution in [0.2, 0.25) is 0 Å². The van der Waals surface area contributed by atoms with Gasteiger partial charge >= 0.3 is 0 Å². The molecule has 0 saturated carbocycles. The van der Waals surface area contributed by atoms with Crippen molar-refractivity contribution in [1.29, 1.82) is 0 Å². The number of ether oxygens (including phenoxy) is 1. The Hall–Kier alpha value is -1.45. The van der Waals surface area contributed by atoms with Gasteiger partial charge in [0.15, 0.2) is 0 Å². The minimum atomic E-state index is -0.158. The predicted octanol–water partition coefficient (Wildman–Crippen LogP) is 4.30. The van der Waals surface area contributed by atoms with Crippen LogP contribution in [-0.2, 0) is 4.74 Å². The van der Waals surface area contributed by atoms with E-state index < -0.39 is 0 Å². The number of halogens is 1. The van der Waals surface area contributed by atoms with Crippen LogP contribution in [0.25, 0.3) is 10.8 Å². The molecule has 3 heteroatoms. The standard InChI is InChI=1S/C18H24FNO/c1-4-20-18(13(2)11-12-21-3)16-9-10-17(19)15-8-6-5-7-14(15)16/h5-10,13,18,20H,4,11-12H2,1-3H3. The first kappa shape index (κ1) is 15.9. The van der Waals surface area contributed by atoms with Crippen LogP contribution in [0.4, 0.5) is 4.39 Å². The normalized spacial score (nSPS) is 14.3. The average molecular weight is 289 g/mol. The highest BCUT2D eigenvalue weighted by Crippen LogP contribution is 2.31. The maximum absolute atomic E-state index is 14.0. The van der Waals surface area contributed by atoms with Crippen molar-refractivity contribution in [2.75, 3.05) is 20.3 Å². The molecule has 2 atom stereocenters. The third kappa shape index (κ3) is 3.60. The number of methoxy groups -OCH3 is 1. The average Bonchev–Trinajstić information content (AvgIpc) is 2.51. The van der Waals surface area contributed by atoms with E-state index in [0.29, 0.717) is 11.3 Å². The number of hydrogen-bond donors (Lipinski definition) is 1. The molecule has 1 N–H and O–H groups in total. The minimum Gasteiger partial charge on any atom is -0.385 e. The van der Waals surface area contributed by atoms with Crippen LogP contribution in [-0.4, -0.2) is 20.3 Å². The first-order valence-corrected chi connectivity index (χ1v) is 7.58. The summed E-state index contributed by atoms with van der Waals surface area (Å²) in [6.07, 6.45) is 0.972. The third-order valence-corrected chi connectivity index (χ3v) is 4.01. The van der Waals surface area contributed by atoms with Gasteiger partial charge in [0.2, 0.25) is 0 Å². The molecule has 0 bridgehead atoms. The van der Waals surface area contributed by atoms with Gasteiger partial charge in [0.25, 0.3) is 0 Å². The first-order valence-electron chi connectivity index (χ1n) is 7.58. The summed E-state index contributed by atoms with van der Waals surface area (Å²) in [4.78, 5) is 0. The summed E-state index contributed by atoms with van der Waals surface area (Å²) < 4.78 is 19.2. The lowest BCUT2D eigenvalue weighted by atomic mass is 9.88. The molecule has 21 heavy (non-hydrogen) atoms. The van der Waals surface area contributed by atoms with Crippen molar-refractivity contribution in [3.05, 3.63) is 47.8 Å². The van der Waals surface area contributed by atoms with Crippen molar-refractivity contribution >= 4 is 10.8 Å². The lowest BCUT2D eigenvalue weighted by molar-refractivity contribution is 0.170. The van der Waals surface area contributed by atoms with Crippen molar-refractivity contribution in [2.24, 2.45) is 5.92 Å². The highest BCUT2D eigenvalue weighted by molar-refractivity contribution is 5.86. The Bertz CT molecular complexity index is 584. The molecule has 0 aliphatic carbocycles. The molecule has 0 fully saturated rings. The molecule has 2 rings (SSSR count). The summed E-state index contributed by atoms with van der Waals surface area (Å²) in [5.41, 5.74) is 1.16. The van der Waals surface area contributed by atoms with Gasteiger partial charge in [0.1, 0.15) is 5.82 Å². The summed E-state index contributed by atoms with van der Waals surface area (Å²) in [7, 11) is 1.72. The highest BCUT2D eigenvalue weighted by Gasteiger charge is 2.20. The van der Waals surface area contributed by atoms with Gasteiger partial charge in [-0.3, -0.25) is 0 Å². The molecule has 2 nitrogen and oxygen atoms in total. The van der Waals surface area contributed by atoms with Gasteiger partial charge in [-0.05, 0) is 35.9 Å². The monoisotopic (exact) mass is 289 g/mol. The molecule has 0 spiro atoms. The molecule has 0 aliphatic heterocycles. The van der Waals surface area contributed by atoms with E-state index in [1.165, 1.54) is 0 Å². The quantitative estimate of drug-likeness (QED) is 0.820. The van der Waals surface area contributed by atoms with Crippen LogP contribution in [0.5, 0.6) is 0 Å². The van der Waals surface area contributed by atoms with Crippen molar-refractivity contribution in [2.45, 2.75) is 26.3 Å². The summed E-state index contributed by atoms with van der Waals surface area (Å²) >= 11 is 0. The maximum atomic E-state index is 14.0. The summed E-state index contributed by atoms with van der Waals surface area (Å²) in [5.74, 6) is 0.257. The maximum Gasteiger partial charge on any atom is 0.131 e. The molecule has 2 unspecified atom stereocenters. The van der Waals surface area contributed by atoms with Crippen LogP contribution < -0.4 is 5.32 Å². The lowest BCUT2D eigenvalue weighted by Crippen LogP contribution is -2.27. The molecule has 2 aromatic carbocycles. The van der Waals surface area contributed by atoms with Gasteiger partial charge in [-0.15, -0.1) is 0 Å². The van der Waals surface area contributed by atoms with Gasteiger partial charge in [-0.25, -0.2) is 4.39 Å². The largest absolute Gasteiger partial charge is 0.385 e. The van der Waals surface area contributed by atoms with Gasteiger partial charge in [-0.2, -0.15) is 0 Å². The van der Waals surface area contributed by atoms with E-state index in [9.17, 15) is 4.39 Å². The third-order valence-electron chi connectivity index (χ3n) is 4.01. The Balaban J connectivity index is 2.42. The Kier molecular flexibility index (Phi) is 5.71. The number of benzene rings is 2. The fraction of sp³-hybridized carbons (Fsp3) is 0.444. The minimum absolute atomic E-state index is 0.158. The van der Waals surface area contributed by atoms with E-state index in [2.05, 4.69) is 19.2 Å². The number of nitrogens with one attached hydrogen (secondary N) is 1. The van der Waals surface area contributed by atoms with Crippen LogP contribution >= 0.6 is 0 Å². The molecule has 2 aromatic rings. The molecule has 0 aromatic heterocycles. The molecule has 0 amide bonds. The van der Waals surface area contributed by atoms with Crippen LogP contribution in [0.3, 0.4) is 0 Å². The van der Waals surface area contributed by atoms with E-state index in [4.69, 9.17) is 4.74 Å². The van der Waals surface area contributed by atoms with Crippen LogP contribution in [0.1, 0.15) is 31.9 Å². The van der Waals surface area contributed by atoms with Gasteiger partial charge < -0.3 is 10.1 Å². The second-order valence-electron chi connectivity index (χ2n) is 5.48. The highest BCUT2D eigenvalue weighted by atomic mass is 19.1. The molecule has 0 heterocycles. The van der Waals surface area contributed by atoms with E-state index in [1.807, 2.05) is 30.3 Å². The number of fused-ring (bicyclic) bond motifs is 1. The number of hydrogen-bond acceptors (Lipinski definition) is 2. The Labute approximate surface area is 126 Å². The van der Waals surface area contributed by atoms with Crippen molar-refractivity contribution in [1.82, 2.24) is 5.32 Å². The molecular formula is C18H24FNO. The molecule has 0 radical (unpaired) electrons. The molecule has 0 saturated heterocycles. The molecular weight excluding hydrogens is 265 g/mol. The van der Waals surface area contributed by atoms with Crippen LogP contribution in [0.15, 0.2) is 36.4 Å². The summed E-state index contributed by atoms with van der Waals surface area (Å²) in [5, 5.41) is 5.23. The fourth-order valence-corrected chi connectivity index (χ4v) is 2.86.